The summed E-state index contributed by atoms with van der Waals surface area (Å²) in [6, 6.07) is 17.3. The molecule has 1 aliphatic heterocycles. The predicted molar refractivity (Wildman–Crippen MR) is 136 cm³/mol. The molecular weight excluding hydrogens is 424 g/mol. The van der Waals surface area contributed by atoms with Crippen molar-refractivity contribution in [2.75, 3.05) is 25.0 Å². The monoisotopic (exact) mass is 458 g/mol. The predicted octanol–water partition coefficient (Wildman–Crippen LogP) is 5.04. The lowest BCUT2D eigenvalue weighted by Gasteiger charge is -2.32. The van der Waals surface area contributed by atoms with Crippen LogP contribution in [0.1, 0.15) is 45.0 Å². The minimum atomic E-state index is -0.115. The third-order valence-electron chi connectivity index (χ3n) is 6.72. The van der Waals surface area contributed by atoms with Crippen molar-refractivity contribution in [1.29, 1.82) is 0 Å². The number of aryl methyl sites for hydroxylation is 1. The van der Waals surface area contributed by atoms with Gasteiger partial charge in [-0.15, -0.1) is 0 Å². The topological polar surface area (TPSA) is 72.0 Å². The number of rotatable bonds is 6. The van der Waals surface area contributed by atoms with Crippen molar-refractivity contribution in [3.8, 4) is 11.5 Å². The summed E-state index contributed by atoms with van der Waals surface area (Å²) in [5.74, 6) is 2.29. The first-order chi connectivity index (χ1) is 16.4. The molecule has 0 saturated carbocycles. The highest BCUT2D eigenvalue weighted by Crippen LogP contribution is 2.24. The van der Waals surface area contributed by atoms with E-state index in [0.29, 0.717) is 11.9 Å². The number of anilines is 1. The second-order valence-corrected chi connectivity index (χ2v) is 10.4. The molecule has 1 fully saturated rings. The highest BCUT2D eigenvalue weighted by Gasteiger charge is 2.22. The number of aromatic nitrogens is 4. The van der Waals surface area contributed by atoms with Crippen LogP contribution in [0.4, 0.5) is 5.95 Å². The van der Waals surface area contributed by atoms with Gasteiger partial charge in [0.25, 0.3) is 5.89 Å². The third kappa shape index (κ3) is 4.85. The van der Waals surface area contributed by atoms with Gasteiger partial charge in [-0.2, -0.15) is 4.98 Å². The van der Waals surface area contributed by atoms with Crippen LogP contribution >= 0.6 is 0 Å². The van der Waals surface area contributed by atoms with Gasteiger partial charge < -0.3 is 19.3 Å². The number of likely N-dealkylation sites (tertiary alicyclic amines) is 1. The Morgan fingerprint density at radius 1 is 1.00 bits per heavy atom. The number of nitrogens with one attached hydrogen (secondary N) is 1. The summed E-state index contributed by atoms with van der Waals surface area (Å²) in [5, 5.41) is 7.80. The van der Waals surface area contributed by atoms with E-state index in [4.69, 9.17) is 9.51 Å². The van der Waals surface area contributed by atoms with E-state index in [1.807, 2.05) is 6.07 Å². The Morgan fingerprint density at radius 3 is 2.41 bits per heavy atom. The molecule has 4 aromatic rings. The summed E-state index contributed by atoms with van der Waals surface area (Å²) in [7, 11) is 2.08. The minimum absolute atomic E-state index is 0.115. The lowest BCUT2D eigenvalue weighted by molar-refractivity contribution is 0.221. The fraction of sp³-hybridized carbons (Fsp3) is 0.444. The van der Waals surface area contributed by atoms with E-state index < -0.39 is 0 Å². The van der Waals surface area contributed by atoms with Crippen molar-refractivity contribution in [3.05, 3.63) is 59.9 Å². The third-order valence-corrected chi connectivity index (χ3v) is 6.72. The molecule has 2 aromatic carbocycles. The maximum atomic E-state index is 5.47. The molecule has 5 rings (SSSR count). The van der Waals surface area contributed by atoms with Crippen LogP contribution in [0.5, 0.6) is 0 Å². The zero-order valence-corrected chi connectivity index (χ0v) is 20.6. The lowest BCUT2D eigenvalue weighted by Crippen LogP contribution is -2.40. The van der Waals surface area contributed by atoms with Crippen molar-refractivity contribution in [2.24, 2.45) is 7.05 Å². The standard InChI is InChI=1S/C27H34N6O/c1-27(2,3)25-30-24(34-31-25)20-11-9-19(10-12-20)13-16-33-17-14-21(15-18-33)28-26-29-22-7-5-6-8-23(22)32(26)4/h5-12,21H,13-18H2,1-4H3,(H,28,29). The second-order valence-electron chi connectivity index (χ2n) is 10.4. The normalized spacial score (nSPS) is 15.8. The van der Waals surface area contributed by atoms with E-state index in [1.165, 1.54) is 11.1 Å². The fourth-order valence-electron chi connectivity index (χ4n) is 4.50. The second kappa shape index (κ2) is 9.22. The molecule has 0 radical (unpaired) electrons. The summed E-state index contributed by atoms with van der Waals surface area (Å²) >= 11 is 0. The Balaban J connectivity index is 1.11. The lowest BCUT2D eigenvalue weighted by atomic mass is 9.96. The minimum Gasteiger partial charge on any atom is -0.353 e. The molecule has 178 valence electrons. The molecule has 0 aliphatic carbocycles. The van der Waals surface area contributed by atoms with Crippen LogP contribution in [0, 0.1) is 0 Å². The number of piperidine rings is 1. The zero-order valence-electron chi connectivity index (χ0n) is 20.6. The number of imidazole rings is 1. The molecule has 34 heavy (non-hydrogen) atoms. The first-order valence-electron chi connectivity index (χ1n) is 12.2. The quantitative estimate of drug-likeness (QED) is 0.436. The van der Waals surface area contributed by atoms with Crippen molar-refractivity contribution >= 4 is 17.0 Å². The Bertz CT molecular complexity index is 1240. The number of benzene rings is 2. The molecule has 0 spiro atoms. The molecule has 1 saturated heterocycles. The maximum absolute atomic E-state index is 5.47. The molecule has 0 unspecified atom stereocenters. The summed E-state index contributed by atoms with van der Waals surface area (Å²) < 4.78 is 7.62. The van der Waals surface area contributed by atoms with E-state index in [-0.39, 0.29) is 5.41 Å². The average Bonchev–Trinajstić information content (AvgIpc) is 3.45. The molecule has 7 heteroatoms. The number of para-hydroxylation sites is 2. The van der Waals surface area contributed by atoms with Crippen LogP contribution in [-0.2, 0) is 18.9 Å². The molecule has 7 nitrogen and oxygen atoms in total. The Labute approximate surface area is 201 Å². The molecular formula is C27H34N6O. The zero-order chi connectivity index (χ0) is 23.7. The molecule has 3 heterocycles. The van der Waals surface area contributed by atoms with Gasteiger partial charge in [0.05, 0.1) is 11.0 Å². The van der Waals surface area contributed by atoms with Crippen LogP contribution in [0.2, 0.25) is 0 Å². The smallest absolute Gasteiger partial charge is 0.257 e. The Hall–Kier alpha value is -3.19. The van der Waals surface area contributed by atoms with Crippen LogP contribution < -0.4 is 5.32 Å². The molecule has 1 aliphatic rings. The van der Waals surface area contributed by atoms with E-state index in [9.17, 15) is 0 Å². The van der Waals surface area contributed by atoms with Crippen LogP contribution in [0.25, 0.3) is 22.5 Å². The number of hydrogen-bond donors (Lipinski definition) is 1. The SMILES string of the molecule is Cn1c(NC2CCN(CCc3ccc(-c4nc(C(C)(C)C)no4)cc3)CC2)nc2ccccc21. The Kier molecular flexibility index (Phi) is 6.13. The molecule has 0 bridgehead atoms. The fourth-order valence-corrected chi connectivity index (χ4v) is 4.50. The van der Waals surface area contributed by atoms with Gasteiger partial charge in [-0.1, -0.05) is 50.2 Å². The maximum Gasteiger partial charge on any atom is 0.257 e. The largest absolute Gasteiger partial charge is 0.353 e. The van der Waals surface area contributed by atoms with Crippen molar-refractivity contribution in [3.63, 3.8) is 0 Å². The van der Waals surface area contributed by atoms with Crippen LogP contribution in [0.15, 0.2) is 53.1 Å². The van der Waals surface area contributed by atoms with Crippen molar-refractivity contribution < 1.29 is 4.52 Å². The van der Waals surface area contributed by atoms with Gasteiger partial charge in [-0.25, -0.2) is 4.98 Å². The van der Waals surface area contributed by atoms with Crippen molar-refractivity contribution in [2.45, 2.75) is 51.5 Å². The number of fused-ring (bicyclic) bond motifs is 1. The van der Waals surface area contributed by atoms with E-state index in [2.05, 4.69) is 95.2 Å². The number of hydrogen-bond acceptors (Lipinski definition) is 6. The van der Waals surface area contributed by atoms with Gasteiger partial charge in [-0.05, 0) is 49.1 Å². The molecule has 2 aromatic heterocycles. The summed E-state index contributed by atoms with van der Waals surface area (Å²) in [6.45, 7) is 9.56. The highest BCUT2D eigenvalue weighted by molar-refractivity contribution is 5.78. The van der Waals surface area contributed by atoms with Gasteiger partial charge in [0.1, 0.15) is 0 Å². The van der Waals surface area contributed by atoms with Gasteiger partial charge in [0.2, 0.25) is 5.95 Å². The molecule has 0 amide bonds. The van der Waals surface area contributed by atoms with Crippen molar-refractivity contribution in [1.82, 2.24) is 24.6 Å². The van der Waals surface area contributed by atoms with Gasteiger partial charge in [0.15, 0.2) is 5.82 Å². The van der Waals surface area contributed by atoms with Gasteiger partial charge >= 0.3 is 0 Å². The van der Waals surface area contributed by atoms with E-state index in [0.717, 1.165) is 61.7 Å². The summed E-state index contributed by atoms with van der Waals surface area (Å²) in [4.78, 5) is 11.9. The van der Waals surface area contributed by atoms with Gasteiger partial charge in [0, 0.05) is 43.7 Å². The Morgan fingerprint density at radius 2 is 1.74 bits per heavy atom. The van der Waals surface area contributed by atoms with E-state index >= 15 is 0 Å². The number of nitrogens with zero attached hydrogens (tertiary/aromatic N) is 5. The average molecular weight is 459 g/mol. The van der Waals surface area contributed by atoms with Gasteiger partial charge in [-0.3, -0.25) is 0 Å². The van der Waals surface area contributed by atoms with Crippen LogP contribution in [-0.4, -0.2) is 50.3 Å². The molecule has 1 N–H and O–H groups in total. The highest BCUT2D eigenvalue weighted by atomic mass is 16.5. The first kappa shape index (κ1) is 22.6. The molecule has 0 atom stereocenters. The van der Waals surface area contributed by atoms with E-state index in [1.54, 1.807) is 0 Å². The summed E-state index contributed by atoms with van der Waals surface area (Å²) in [5.41, 5.74) is 4.41. The van der Waals surface area contributed by atoms with Crippen LogP contribution in [0.3, 0.4) is 0 Å². The first-order valence-corrected chi connectivity index (χ1v) is 12.2. The summed E-state index contributed by atoms with van der Waals surface area (Å²) in [6.07, 6.45) is 3.31.